The fourth-order valence-electron chi connectivity index (χ4n) is 4.97. The summed E-state index contributed by atoms with van der Waals surface area (Å²) in [5.74, 6) is -0.394. The number of rotatable bonds is 6. The molecule has 2 aromatic rings. The van der Waals surface area contributed by atoms with Crippen LogP contribution in [0, 0.1) is 17.7 Å². The summed E-state index contributed by atoms with van der Waals surface area (Å²) in [5, 5.41) is 3.02. The standard InChI is InChI=1S/C26H31F4N3O/c1-17(2)9-10-31-25(34)22-14-19-13-20(26(28,29)30)5-8-23(19)33-12-11-32(16-24(22)33)15-18-3-6-21(27)7-4-18/h3-8,13,17,22,24H,9-12,14-16H2,1-2H3,(H,31,34)/t22-,24+/m1/s1. The third kappa shape index (κ3) is 5.54. The topological polar surface area (TPSA) is 35.6 Å². The maximum Gasteiger partial charge on any atom is 0.416 e. The number of carbonyl (C=O) groups is 1. The molecule has 0 bridgehead atoms. The number of hydrogen-bond acceptors (Lipinski definition) is 3. The number of fused-ring (bicyclic) bond motifs is 3. The molecule has 2 aromatic carbocycles. The molecular weight excluding hydrogens is 446 g/mol. The highest BCUT2D eigenvalue weighted by molar-refractivity contribution is 5.82. The summed E-state index contributed by atoms with van der Waals surface area (Å²) in [6.45, 7) is 7.27. The Hall–Kier alpha value is -2.61. The van der Waals surface area contributed by atoms with Gasteiger partial charge in [0.25, 0.3) is 0 Å². The van der Waals surface area contributed by atoms with Gasteiger partial charge in [-0.15, -0.1) is 0 Å². The van der Waals surface area contributed by atoms with Gasteiger partial charge in [0.05, 0.1) is 17.5 Å². The molecule has 2 aliphatic heterocycles. The molecule has 2 atom stereocenters. The molecule has 4 nitrogen and oxygen atoms in total. The van der Waals surface area contributed by atoms with Crippen LogP contribution in [0.1, 0.15) is 37.0 Å². The van der Waals surface area contributed by atoms with Crippen molar-refractivity contribution in [3.8, 4) is 0 Å². The van der Waals surface area contributed by atoms with Gasteiger partial charge >= 0.3 is 6.18 Å². The second-order valence-corrected chi connectivity index (χ2v) is 9.75. The van der Waals surface area contributed by atoms with Crippen molar-refractivity contribution in [2.45, 2.75) is 45.5 Å². The van der Waals surface area contributed by atoms with Crippen molar-refractivity contribution in [2.24, 2.45) is 11.8 Å². The molecule has 1 fully saturated rings. The molecule has 0 unspecified atom stereocenters. The van der Waals surface area contributed by atoms with E-state index in [2.05, 4.69) is 29.0 Å². The van der Waals surface area contributed by atoms with Crippen molar-refractivity contribution >= 4 is 11.6 Å². The third-order valence-corrected chi connectivity index (χ3v) is 6.80. The van der Waals surface area contributed by atoms with Crippen LogP contribution in [0.3, 0.4) is 0 Å². The molecule has 184 valence electrons. The first kappa shape index (κ1) is 24.5. The first-order valence-corrected chi connectivity index (χ1v) is 11.8. The first-order chi connectivity index (χ1) is 16.1. The number of nitrogens with zero attached hydrogens (tertiary/aromatic N) is 2. The minimum Gasteiger partial charge on any atom is -0.365 e. The van der Waals surface area contributed by atoms with Gasteiger partial charge in [-0.2, -0.15) is 13.2 Å². The Morgan fingerprint density at radius 1 is 1.12 bits per heavy atom. The zero-order chi connectivity index (χ0) is 24.5. The second kappa shape index (κ2) is 9.94. The summed E-state index contributed by atoms with van der Waals surface area (Å²) in [7, 11) is 0. The quantitative estimate of drug-likeness (QED) is 0.603. The largest absolute Gasteiger partial charge is 0.416 e. The summed E-state index contributed by atoms with van der Waals surface area (Å²) in [6.07, 6.45) is -3.30. The Labute approximate surface area is 197 Å². The average Bonchev–Trinajstić information content (AvgIpc) is 2.78. The van der Waals surface area contributed by atoms with Gasteiger partial charge in [0.1, 0.15) is 5.82 Å². The van der Waals surface area contributed by atoms with E-state index in [1.54, 1.807) is 18.2 Å². The Bertz CT molecular complexity index is 1010. The highest BCUT2D eigenvalue weighted by Gasteiger charge is 2.42. The van der Waals surface area contributed by atoms with Crippen molar-refractivity contribution < 1.29 is 22.4 Å². The SMILES string of the molecule is CC(C)CCNC(=O)[C@@H]1Cc2cc(C(F)(F)F)ccc2N2CCN(Cc3ccc(F)cc3)C[C@@H]12. The van der Waals surface area contributed by atoms with Crippen LogP contribution in [0.2, 0.25) is 0 Å². The number of alkyl halides is 3. The third-order valence-electron chi connectivity index (χ3n) is 6.80. The van der Waals surface area contributed by atoms with E-state index in [0.29, 0.717) is 44.2 Å². The van der Waals surface area contributed by atoms with E-state index in [0.717, 1.165) is 23.7 Å². The number of nitrogens with one attached hydrogen (secondary N) is 1. The van der Waals surface area contributed by atoms with Gasteiger partial charge in [0, 0.05) is 38.4 Å². The van der Waals surface area contributed by atoms with Crippen LogP contribution in [0.25, 0.3) is 0 Å². The number of carbonyl (C=O) groups excluding carboxylic acids is 1. The van der Waals surface area contributed by atoms with Crippen molar-refractivity contribution in [2.75, 3.05) is 31.1 Å². The van der Waals surface area contributed by atoms with Crippen molar-refractivity contribution in [1.29, 1.82) is 0 Å². The second-order valence-electron chi connectivity index (χ2n) is 9.75. The highest BCUT2D eigenvalue weighted by Crippen LogP contribution is 2.40. The number of benzene rings is 2. The maximum absolute atomic E-state index is 13.3. The Morgan fingerprint density at radius 2 is 1.85 bits per heavy atom. The predicted molar refractivity (Wildman–Crippen MR) is 124 cm³/mol. The lowest BCUT2D eigenvalue weighted by atomic mass is 9.82. The van der Waals surface area contributed by atoms with Gasteiger partial charge < -0.3 is 10.2 Å². The van der Waals surface area contributed by atoms with Gasteiger partial charge in [0.15, 0.2) is 0 Å². The highest BCUT2D eigenvalue weighted by atomic mass is 19.4. The van der Waals surface area contributed by atoms with E-state index in [4.69, 9.17) is 0 Å². The van der Waals surface area contributed by atoms with E-state index < -0.39 is 17.7 Å². The van der Waals surface area contributed by atoms with Crippen LogP contribution in [-0.2, 0) is 23.9 Å². The summed E-state index contributed by atoms with van der Waals surface area (Å²) < 4.78 is 53.3. The molecule has 1 N–H and O–H groups in total. The lowest BCUT2D eigenvalue weighted by Crippen LogP contribution is -2.61. The fraction of sp³-hybridized carbons (Fsp3) is 0.500. The number of amides is 1. The van der Waals surface area contributed by atoms with Crippen LogP contribution in [-0.4, -0.2) is 43.0 Å². The smallest absolute Gasteiger partial charge is 0.365 e. The van der Waals surface area contributed by atoms with Crippen molar-refractivity contribution in [1.82, 2.24) is 10.2 Å². The molecule has 0 saturated carbocycles. The number of halogens is 4. The van der Waals surface area contributed by atoms with E-state index in [9.17, 15) is 22.4 Å². The zero-order valence-corrected chi connectivity index (χ0v) is 19.5. The van der Waals surface area contributed by atoms with Crippen LogP contribution in [0.4, 0.5) is 23.2 Å². The number of piperazine rings is 1. The maximum atomic E-state index is 13.3. The Kier molecular flexibility index (Phi) is 7.17. The van der Waals surface area contributed by atoms with Crippen LogP contribution >= 0.6 is 0 Å². The predicted octanol–water partition coefficient (Wildman–Crippen LogP) is 4.87. The van der Waals surface area contributed by atoms with Crippen LogP contribution < -0.4 is 10.2 Å². The molecule has 1 amide bonds. The molecule has 2 heterocycles. The molecule has 2 aliphatic rings. The van der Waals surface area contributed by atoms with E-state index in [1.807, 2.05) is 0 Å². The van der Waals surface area contributed by atoms with Crippen molar-refractivity contribution in [3.05, 3.63) is 65.0 Å². The molecule has 0 aromatic heterocycles. The monoisotopic (exact) mass is 477 g/mol. The Morgan fingerprint density at radius 3 is 2.53 bits per heavy atom. The fourth-order valence-corrected chi connectivity index (χ4v) is 4.97. The number of anilines is 1. The molecular formula is C26H31F4N3O. The van der Waals surface area contributed by atoms with Gasteiger partial charge in [-0.1, -0.05) is 26.0 Å². The van der Waals surface area contributed by atoms with Gasteiger partial charge in [-0.3, -0.25) is 9.69 Å². The minimum atomic E-state index is -4.42. The molecule has 4 rings (SSSR count). The van der Waals surface area contributed by atoms with E-state index in [1.165, 1.54) is 18.2 Å². The first-order valence-electron chi connectivity index (χ1n) is 11.8. The summed E-state index contributed by atoms with van der Waals surface area (Å²) in [4.78, 5) is 17.5. The molecule has 0 spiro atoms. The Balaban J connectivity index is 1.58. The van der Waals surface area contributed by atoms with Crippen molar-refractivity contribution in [3.63, 3.8) is 0 Å². The lowest BCUT2D eigenvalue weighted by molar-refractivity contribution is -0.137. The lowest BCUT2D eigenvalue weighted by Gasteiger charge is -2.49. The molecule has 0 radical (unpaired) electrons. The van der Waals surface area contributed by atoms with E-state index in [-0.39, 0.29) is 24.2 Å². The number of hydrogen-bond donors (Lipinski definition) is 1. The normalized spacial score (nSPS) is 20.7. The van der Waals surface area contributed by atoms with Gasteiger partial charge in [-0.25, -0.2) is 4.39 Å². The summed E-state index contributed by atoms with van der Waals surface area (Å²) in [6, 6.07) is 10.1. The molecule has 0 aliphatic carbocycles. The molecule has 34 heavy (non-hydrogen) atoms. The molecule has 8 heteroatoms. The van der Waals surface area contributed by atoms with Crippen LogP contribution in [0.5, 0.6) is 0 Å². The van der Waals surface area contributed by atoms with Gasteiger partial charge in [-0.05, 0) is 60.2 Å². The summed E-state index contributed by atoms with van der Waals surface area (Å²) in [5.41, 5.74) is 1.66. The van der Waals surface area contributed by atoms with Crippen LogP contribution in [0.15, 0.2) is 42.5 Å². The molecule has 1 saturated heterocycles. The minimum absolute atomic E-state index is 0.109. The average molecular weight is 478 g/mol. The zero-order valence-electron chi connectivity index (χ0n) is 19.5. The van der Waals surface area contributed by atoms with Gasteiger partial charge in [0.2, 0.25) is 5.91 Å². The summed E-state index contributed by atoms with van der Waals surface area (Å²) >= 11 is 0. The van der Waals surface area contributed by atoms with E-state index >= 15 is 0 Å².